The minimum absolute atomic E-state index is 0.381. The van der Waals surface area contributed by atoms with Crippen LogP contribution in [0.15, 0.2) is 217 Å². The molecular formula is C79H63NO. The minimum Gasteiger partial charge on any atom is -0.455 e. The Bertz CT molecular complexity index is 4290. The van der Waals surface area contributed by atoms with E-state index in [-0.39, 0.29) is 5.41 Å². The van der Waals surface area contributed by atoms with Gasteiger partial charge in [0.25, 0.3) is 0 Å². The molecule has 1 heterocycles. The lowest BCUT2D eigenvalue weighted by Crippen LogP contribution is -2.27. The first-order chi connectivity index (χ1) is 40.1. The van der Waals surface area contributed by atoms with Crippen LogP contribution in [0, 0.1) is 23.7 Å². The van der Waals surface area contributed by atoms with Crippen molar-refractivity contribution >= 4 is 39.0 Å². The smallest absolute Gasteiger partial charge is 0.143 e. The predicted octanol–water partition coefficient (Wildman–Crippen LogP) is 21.2. The third-order valence-corrected chi connectivity index (χ3v) is 22.2. The van der Waals surface area contributed by atoms with Crippen molar-refractivity contribution in [2.75, 3.05) is 4.90 Å². The van der Waals surface area contributed by atoms with Crippen LogP contribution >= 0.6 is 0 Å². The van der Waals surface area contributed by atoms with E-state index in [1.165, 1.54) is 109 Å². The molecule has 0 aliphatic heterocycles. The van der Waals surface area contributed by atoms with Crippen LogP contribution in [0.25, 0.3) is 77.6 Å². The van der Waals surface area contributed by atoms with Gasteiger partial charge in [-0.3, -0.25) is 0 Å². The Hall–Kier alpha value is -8.20. The fourth-order valence-corrected chi connectivity index (χ4v) is 19.2. The summed E-state index contributed by atoms with van der Waals surface area (Å²) in [5.74, 6) is 6.35. The molecule has 81 heavy (non-hydrogen) atoms. The molecule has 11 aromatic rings. The van der Waals surface area contributed by atoms with E-state index in [0.717, 1.165) is 73.8 Å². The quantitative estimate of drug-likeness (QED) is 0.165. The summed E-state index contributed by atoms with van der Waals surface area (Å²) < 4.78 is 6.53. The average Bonchev–Trinajstić information content (AvgIpc) is 2.85. The van der Waals surface area contributed by atoms with Gasteiger partial charge in [0.2, 0.25) is 0 Å². The standard InChI is InChI=1S/C79H63NO/c1-2-10-50(11-3-1)51-20-26-58(27-21-51)80(60-30-24-53(25-31-60)62-15-8-16-64-63-12-5-7-19-76(63)81-78(62)64)59-28-22-52(23-29-59)61-14-9-18-73-77(61)65-13-4-6-17-72(65)79(73)74-44-68-56-38-46-32-47(39-56)35-54(34-46)66(68)42-70(74)71-43-67-55-36-48-33-49(37-55)41-57(40-48)69(67)45-75(71)79/h1-31,42-49,54-57H,32-41H2. The van der Waals surface area contributed by atoms with Gasteiger partial charge in [-0.2, -0.15) is 0 Å². The molecular weight excluding hydrogens is 979 g/mol. The van der Waals surface area contributed by atoms with Gasteiger partial charge >= 0.3 is 0 Å². The molecule has 390 valence electrons. The van der Waals surface area contributed by atoms with Gasteiger partial charge in [-0.05, 0) is 249 Å². The molecule has 0 saturated heterocycles. The molecule has 4 fully saturated rings. The molecule has 10 aromatic carbocycles. The third-order valence-electron chi connectivity index (χ3n) is 22.2. The Morgan fingerprint density at radius 3 is 1.33 bits per heavy atom. The van der Waals surface area contributed by atoms with Gasteiger partial charge in [-0.1, -0.05) is 170 Å². The zero-order valence-corrected chi connectivity index (χ0v) is 45.8. The lowest BCUT2D eigenvalue weighted by molar-refractivity contribution is 0.165. The molecule has 4 unspecified atom stereocenters. The van der Waals surface area contributed by atoms with Gasteiger partial charge in [0.15, 0.2) is 0 Å². The number of benzene rings is 10. The second-order valence-corrected chi connectivity index (χ2v) is 26.3. The van der Waals surface area contributed by atoms with Crippen molar-refractivity contribution in [2.45, 2.75) is 93.3 Å². The van der Waals surface area contributed by atoms with Crippen LogP contribution < -0.4 is 4.90 Å². The van der Waals surface area contributed by atoms with Crippen LogP contribution in [0.2, 0.25) is 0 Å². The summed E-state index contributed by atoms with van der Waals surface area (Å²) >= 11 is 0. The Morgan fingerprint density at radius 2 is 0.741 bits per heavy atom. The van der Waals surface area contributed by atoms with Crippen molar-refractivity contribution in [3.63, 3.8) is 0 Å². The van der Waals surface area contributed by atoms with Gasteiger partial charge in [-0.25, -0.2) is 0 Å². The lowest BCUT2D eigenvalue weighted by Gasteiger charge is -2.38. The van der Waals surface area contributed by atoms with E-state index in [9.17, 15) is 0 Å². The fraction of sp³-hybridized carbons (Fsp3) is 0.241. The molecule has 2 heteroatoms. The SMILES string of the molecule is c1ccc(-c2ccc(N(c3ccc(-c4cccc5c4-c4ccccc4C54c5cc6c(cc5-c5cc7c(cc54)C4CC5CC(CC7C5)C4)C4CC5CC(C4)CC6C5)cc3)c3ccc(-c4cccc5c4oc4ccccc45)cc3)cc2)cc1. The summed E-state index contributed by atoms with van der Waals surface area (Å²) in [6, 6.07) is 81.6. The van der Waals surface area contributed by atoms with E-state index in [0.29, 0.717) is 23.7 Å². The first kappa shape index (κ1) is 45.5. The number of para-hydroxylation sites is 2. The number of anilines is 3. The minimum atomic E-state index is -0.381. The molecule has 10 aliphatic carbocycles. The highest BCUT2D eigenvalue weighted by Gasteiger charge is 2.55. The molecule has 1 spiro atoms. The molecule has 0 N–H and O–H groups in total. The summed E-state index contributed by atoms with van der Waals surface area (Å²) in [6.07, 6.45) is 14.0. The molecule has 10 aliphatic rings. The molecule has 4 atom stereocenters. The van der Waals surface area contributed by atoms with Crippen LogP contribution in [0.3, 0.4) is 0 Å². The number of hydrogen-bond donors (Lipinski definition) is 0. The van der Waals surface area contributed by atoms with E-state index in [2.05, 4.69) is 211 Å². The second kappa shape index (κ2) is 16.9. The number of furan rings is 1. The highest BCUT2D eigenvalue weighted by atomic mass is 16.3. The van der Waals surface area contributed by atoms with Gasteiger partial charge in [0, 0.05) is 33.4 Å². The Morgan fingerprint density at radius 1 is 0.309 bits per heavy atom. The van der Waals surface area contributed by atoms with Crippen molar-refractivity contribution in [3.8, 4) is 55.6 Å². The first-order valence-electron chi connectivity index (χ1n) is 30.7. The largest absolute Gasteiger partial charge is 0.455 e. The highest BCUT2D eigenvalue weighted by molar-refractivity contribution is 6.09. The van der Waals surface area contributed by atoms with E-state index in [1.807, 2.05) is 6.07 Å². The molecule has 21 rings (SSSR count). The fourth-order valence-electron chi connectivity index (χ4n) is 19.2. The molecule has 2 nitrogen and oxygen atoms in total. The topological polar surface area (TPSA) is 16.4 Å². The molecule has 1 aromatic heterocycles. The molecule has 0 amide bonds. The number of fused-ring (bicyclic) bond motifs is 13. The van der Waals surface area contributed by atoms with Crippen LogP contribution in [0.5, 0.6) is 0 Å². The Balaban J connectivity index is 0.763. The third kappa shape index (κ3) is 6.51. The molecule has 8 bridgehead atoms. The summed E-state index contributed by atoms with van der Waals surface area (Å²) in [5, 5.41) is 2.29. The maximum Gasteiger partial charge on any atom is 0.143 e. The summed E-state index contributed by atoms with van der Waals surface area (Å²) in [4.78, 5) is 2.42. The van der Waals surface area contributed by atoms with E-state index in [4.69, 9.17) is 4.42 Å². The Labute approximate surface area is 475 Å². The summed E-state index contributed by atoms with van der Waals surface area (Å²) in [5.41, 5.74) is 30.9. The normalized spacial score (nSPS) is 25.3. The average molecular weight is 1040 g/mol. The van der Waals surface area contributed by atoms with E-state index >= 15 is 0 Å². The van der Waals surface area contributed by atoms with Crippen molar-refractivity contribution in [1.29, 1.82) is 0 Å². The Kier molecular flexibility index (Phi) is 9.51. The van der Waals surface area contributed by atoms with Gasteiger partial charge in [-0.15, -0.1) is 0 Å². The number of nitrogens with zero attached hydrogens (tertiary/aromatic N) is 1. The van der Waals surface area contributed by atoms with Crippen LogP contribution in [0.1, 0.15) is 132 Å². The van der Waals surface area contributed by atoms with Crippen LogP contribution in [0.4, 0.5) is 17.1 Å². The van der Waals surface area contributed by atoms with Gasteiger partial charge < -0.3 is 9.32 Å². The molecule has 0 radical (unpaired) electrons. The molecule has 4 saturated carbocycles. The first-order valence-corrected chi connectivity index (χ1v) is 30.7. The van der Waals surface area contributed by atoms with Crippen LogP contribution in [-0.2, 0) is 5.41 Å². The second-order valence-electron chi connectivity index (χ2n) is 26.3. The van der Waals surface area contributed by atoms with E-state index in [1.54, 1.807) is 44.5 Å². The zero-order valence-electron chi connectivity index (χ0n) is 45.8. The lowest BCUT2D eigenvalue weighted by atomic mass is 9.66. The van der Waals surface area contributed by atoms with Crippen molar-refractivity contribution in [3.05, 3.63) is 257 Å². The van der Waals surface area contributed by atoms with Crippen LogP contribution in [-0.4, -0.2) is 0 Å². The van der Waals surface area contributed by atoms with Crippen molar-refractivity contribution in [2.24, 2.45) is 23.7 Å². The van der Waals surface area contributed by atoms with Gasteiger partial charge in [0.1, 0.15) is 11.2 Å². The zero-order chi connectivity index (χ0) is 52.7. The summed E-state index contributed by atoms with van der Waals surface area (Å²) in [7, 11) is 0. The maximum atomic E-state index is 6.53. The number of hydrogen-bond acceptors (Lipinski definition) is 2. The summed E-state index contributed by atoms with van der Waals surface area (Å²) in [6.45, 7) is 0. The van der Waals surface area contributed by atoms with E-state index < -0.39 is 0 Å². The highest BCUT2D eigenvalue weighted by Crippen LogP contribution is 2.68. The maximum absolute atomic E-state index is 6.53. The van der Waals surface area contributed by atoms with Gasteiger partial charge in [0.05, 0.1) is 5.41 Å². The monoisotopic (exact) mass is 1040 g/mol. The number of rotatable bonds is 6. The van der Waals surface area contributed by atoms with Crippen molar-refractivity contribution < 1.29 is 4.42 Å². The van der Waals surface area contributed by atoms with Crippen molar-refractivity contribution in [1.82, 2.24) is 0 Å². The predicted molar refractivity (Wildman–Crippen MR) is 332 cm³/mol.